The molecule has 3 aliphatic carbocycles. The highest BCUT2D eigenvalue weighted by molar-refractivity contribution is 7.13. The third-order valence-corrected chi connectivity index (χ3v) is 14.0. The normalized spacial score (nSPS) is 23.6. The van der Waals surface area contributed by atoms with Gasteiger partial charge in [-0.3, -0.25) is 24.6 Å². The molecule has 0 spiro atoms. The fourth-order valence-electron chi connectivity index (χ4n) is 9.71. The summed E-state index contributed by atoms with van der Waals surface area (Å²) in [6.45, 7) is 13.5. The summed E-state index contributed by atoms with van der Waals surface area (Å²) in [6.07, 6.45) is 0.643. The van der Waals surface area contributed by atoms with Crippen LogP contribution in [-0.2, 0) is 46.9 Å². The largest absolute Gasteiger partial charge is 0.496 e. The number of amides is 6. The summed E-state index contributed by atoms with van der Waals surface area (Å²) in [5.41, 5.74) is 0.839. The molecule has 8 rings (SSSR count). The quantitative estimate of drug-likeness (QED) is 0.127. The number of imide groups is 1. The van der Waals surface area contributed by atoms with Crippen molar-refractivity contribution in [3.05, 3.63) is 75.8 Å². The second kappa shape index (κ2) is 17.6. The Morgan fingerprint density at radius 3 is 2.35 bits per heavy atom. The van der Waals surface area contributed by atoms with Crippen LogP contribution in [0.15, 0.2) is 47.8 Å². The van der Waals surface area contributed by atoms with Gasteiger partial charge < -0.3 is 39.4 Å². The molecule has 5 unspecified atom stereocenters. The van der Waals surface area contributed by atoms with Gasteiger partial charge in [0.2, 0.25) is 17.7 Å². The van der Waals surface area contributed by atoms with Gasteiger partial charge in [-0.2, -0.15) is 0 Å². The van der Waals surface area contributed by atoms with Crippen LogP contribution < -0.4 is 20.7 Å². The van der Waals surface area contributed by atoms with Gasteiger partial charge in [0.1, 0.15) is 31.0 Å². The standard InChI is InChI=1S/C44H55BN6O11S/c1-9-51-33(52)20-50(21-34(51)53)40(57)48-35(29-23-63-39(46-29)49-41(58)60-22-24-13-11-10-12-14-24)37(54)47-32(45-61-31-18-25-17-30(43(25,5)6)44(31,7)62-45)19-27-28(42(2,3)4)16-15-26(38(55)56)36(27)59-8/h10-16,23,25,30-32,35H,9,17-22H2,1-8H3,(H,47,54)(H,48,57)(H,55,56)(H,46,49,58)/t25?,30?,31?,32?,35?,44-/m0/s1. The molecular formula is C44H55BN6O11S. The zero-order valence-corrected chi connectivity index (χ0v) is 37.6. The summed E-state index contributed by atoms with van der Waals surface area (Å²) < 4.78 is 24.8. The van der Waals surface area contributed by atoms with E-state index in [-0.39, 0.29) is 59.1 Å². The maximum absolute atomic E-state index is 14.9. The third kappa shape index (κ3) is 9.00. The van der Waals surface area contributed by atoms with E-state index in [1.807, 2.05) is 45.9 Å². The van der Waals surface area contributed by atoms with Crippen LogP contribution >= 0.6 is 11.3 Å². The molecule has 2 aromatic carbocycles. The average molecular weight is 887 g/mol. The monoisotopic (exact) mass is 886 g/mol. The number of carboxylic acids is 1. The number of carbonyl (C=O) groups is 6. The molecule has 3 saturated carbocycles. The number of carboxylic acid groups (broad SMARTS) is 1. The average Bonchev–Trinajstić information content (AvgIpc) is 3.84. The van der Waals surface area contributed by atoms with Crippen LogP contribution in [0.4, 0.5) is 14.7 Å². The highest BCUT2D eigenvalue weighted by Gasteiger charge is 2.68. The van der Waals surface area contributed by atoms with Crippen molar-refractivity contribution in [2.24, 2.45) is 17.3 Å². The van der Waals surface area contributed by atoms with Crippen LogP contribution in [0.1, 0.15) is 100 Å². The molecule has 6 amide bonds. The number of piperazine rings is 1. The molecule has 5 aliphatic rings. The smallest absolute Gasteiger partial charge is 0.482 e. The zero-order chi connectivity index (χ0) is 45.6. The van der Waals surface area contributed by atoms with Gasteiger partial charge in [0.25, 0.3) is 0 Å². The van der Waals surface area contributed by atoms with E-state index in [0.717, 1.165) is 45.1 Å². The number of hydrogen-bond acceptors (Lipinski definition) is 12. The van der Waals surface area contributed by atoms with Gasteiger partial charge >= 0.3 is 25.2 Å². The number of nitrogens with one attached hydrogen (secondary N) is 3. The number of aromatic nitrogens is 1. The fraction of sp³-hybridized carbons (Fsp3) is 0.523. The lowest BCUT2D eigenvalue weighted by molar-refractivity contribution is -0.199. The Hall–Kier alpha value is -5.53. The summed E-state index contributed by atoms with van der Waals surface area (Å²) in [5.74, 6) is -3.36. The summed E-state index contributed by atoms with van der Waals surface area (Å²) in [7, 11) is 0.372. The number of hydrogen-bond donors (Lipinski definition) is 4. The highest BCUT2D eigenvalue weighted by atomic mass is 32.1. The predicted molar refractivity (Wildman–Crippen MR) is 232 cm³/mol. The first-order valence-corrected chi connectivity index (χ1v) is 22.0. The molecule has 1 aromatic heterocycles. The molecule has 0 radical (unpaired) electrons. The Labute approximate surface area is 370 Å². The number of anilines is 1. The van der Waals surface area contributed by atoms with E-state index in [1.165, 1.54) is 18.6 Å². The van der Waals surface area contributed by atoms with Crippen molar-refractivity contribution in [3.8, 4) is 5.75 Å². The molecule has 3 heterocycles. The molecule has 5 fully saturated rings. The molecule has 2 aliphatic heterocycles. The molecule has 2 bridgehead atoms. The minimum atomic E-state index is -1.54. The number of thiazole rings is 1. The van der Waals surface area contributed by atoms with Crippen LogP contribution in [0.2, 0.25) is 0 Å². The van der Waals surface area contributed by atoms with E-state index in [9.17, 15) is 33.9 Å². The SMILES string of the molecule is CCN1C(=O)CN(C(=O)NC(C(=O)NC(Cc2c(C(C)(C)C)ccc(C(=O)O)c2OC)B2OC3CC4CC(C4(C)C)[C@]3(C)O2)c2csc(NC(=O)OCc3ccccc3)n2)CC1=O. The van der Waals surface area contributed by atoms with E-state index in [4.69, 9.17) is 18.8 Å². The van der Waals surface area contributed by atoms with Crippen LogP contribution in [0.25, 0.3) is 0 Å². The minimum absolute atomic E-state index is 0.00266. The summed E-state index contributed by atoms with van der Waals surface area (Å²) in [6, 6.07) is 9.91. The van der Waals surface area contributed by atoms with Gasteiger partial charge in [0, 0.05) is 17.5 Å². The summed E-state index contributed by atoms with van der Waals surface area (Å²) >= 11 is 0.986. The molecule has 19 heteroatoms. The maximum atomic E-state index is 14.9. The van der Waals surface area contributed by atoms with Crippen molar-refractivity contribution in [2.75, 3.05) is 32.1 Å². The van der Waals surface area contributed by atoms with E-state index < -0.39 is 79.0 Å². The number of aromatic carboxylic acids is 1. The van der Waals surface area contributed by atoms with E-state index in [1.54, 1.807) is 25.1 Å². The molecule has 6 atom stereocenters. The predicted octanol–water partition coefficient (Wildman–Crippen LogP) is 5.33. The number of carbonyl (C=O) groups excluding carboxylic acids is 5. The third-order valence-electron chi connectivity index (χ3n) is 13.2. The van der Waals surface area contributed by atoms with Crippen molar-refractivity contribution in [1.29, 1.82) is 0 Å². The van der Waals surface area contributed by atoms with Crippen LogP contribution in [0.5, 0.6) is 5.75 Å². The van der Waals surface area contributed by atoms with E-state index >= 15 is 0 Å². The first kappa shape index (κ1) is 45.5. The molecule has 4 N–H and O–H groups in total. The molecule has 17 nitrogen and oxygen atoms in total. The zero-order valence-electron chi connectivity index (χ0n) is 36.8. The fourth-order valence-corrected chi connectivity index (χ4v) is 10.4. The van der Waals surface area contributed by atoms with Crippen LogP contribution in [0.3, 0.4) is 0 Å². The van der Waals surface area contributed by atoms with Crippen molar-refractivity contribution in [1.82, 2.24) is 25.4 Å². The lowest BCUT2D eigenvalue weighted by Gasteiger charge is -2.64. The topological polar surface area (TPSA) is 215 Å². The highest BCUT2D eigenvalue weighted by Crippen LogP contribution is 2.65. The second-order valence-corrected chi connectivity index (χ2v) is 19.3. The van der Waals surface area contributed by atoms with Crippen molar-refractivity contribution in [3.63, 3.8) is 0 Å². The van der Waals surface area contributed by atoms with Crippen LogP contribution in [0, 0.1) is 17.3 Å². The Morgan fingerprint density at radius 2 is 1.73 bits per heavy atom. The number of ether oxygens (including phenoxy) is 2. The van der Waals surface area contributed by atoms with Crippen LogP contribution in [-0.4, -0.2) is 107 Å². The van der Waals surface area contributed by atoms with Crippen molar-refractivity contribution in [2.45, 2.75) is 103 Å². The summed E-state index contributed by atoms with van der Waals surface area (Å²) in [5, 5.41) is 20.1. The number of likely N-dealkylation sites (N-methyl/N-ethyl adjacent to an activating group) is 1. The number of urea groups is 1. The van der Waals surface area contributed by atoms with Gasteiger partial charge in [0.15, 0.2) is 11.2 Å². The number of nitrogens with zero attached hydrogens (tertiary/aromatic N) is 3. The first-order valence-electron chi connectivity index (χ1n) is 21.1. The second-order valence-electron chi connectivity index (χ2n) is 18.4. The van der Waals surface area contributed by atoms with Crippen molar-refractivity contribution >= 4 is 59.4 Å². The number of benzene rings is 2. The minimum Gasteiger partial charge on any atom is -0.496 e. The van der Waals surface area contributed by atoms with Crippen molar-refractivity contribution < 1.29 is 52.7 Å². The molecular weight excluding hydrogens is 831 g/mol. The summed E-state index contributed by atoms with van der Waals surface area (Å²) in [4.78, 5) is 86.5. The van der Waals surface area contributed by atoms with E-state index in [2.05, 4.69) is 34.8 Å². The van der Waals surface area contributed by atoms with Gasteiger partial charge in [-0.05, 0) is 73.0 Å². The molecule has 3 aromatic rings. The van der Waals surface area contributed by atoms with Gasteiger partial charge in [-0.25, -0.2) is 19.4 Å². The lowest BCUT2D eigenvalue weighted by Crippen LogP contribution is -2.65. The number of methoxy groups -OCH3 is 1. The molecule has 63 heavy (non-hydrogen) atoms. The Kier molecular flexibility index (Phi) is 12.7. The maximum Gasteiger partial charge on any atom is 0.482 e. The van der Waals surface area contributed by atoms with E-state index in [0.29, 0.717) is 11.5 Å². The first-order chi connectivity index (χ1) is 29.7. The lowest BCUT2D eigenvalue weighted by atomic mass is 9.43. The van der Waals surface area contributed by atoms with Gasteiger partial charge in [-0.15, -0.1) is 11.3 Å². The number of rotatable bonds is 13. The Bertz CT molecular complexity index is 2270. The Morgan fingerprint density at radius 1 is 1.03 bits per heavy atom. The Balaban J connectivity index is 1.23. The van der Waals surface area contributed by atoms with Gasteiger partial charge in [0.05, 0.1) is 30.4 Å². The molecule has 2 saturated heterocycles. The van der Waals surface area contributed by atoms with Gasteiger partial charge in [-0.1, -0.05) is 71.0 Å². The molecule has 336 valence electrons.